The Hall–Kier alpha value is -2.34. The van der Waals surface area contributed by atoms with Crippen molar-refractivity contribution >= 4 is 11.8 Å². The standard InChI is InChI=1S/C24H30N2O4/c1-15(2)26-14-24-13-10-18(30-24)19(20(24)22(26)28)21(27)25-23(11-6-7-12-23)16-8-4-5-9-17(16)29-3/h4-5,8-10,13,15,18-20H,6-7,11-12,14H2,1-3H3,(H,25,27)/t18-,19+,20-,24+/m1/s1. The fourth-order valence-electron chi connectivity index (χ4n) is 6.06. The molecule has 1 saturated carbocycles. The van der Waals surface area contributed by atoms with Gasteiger partial charge in [-0.3, -0.25) is 9.59 Å². The molecule has 2 saturated heterocycles. The van der Waals surface area contributed by atoms with Gasteiger partial charge in [0.1, 0.15) is 11.4 Å². The van der Waals surface area contributed by atoms with Gasteiger partial charge in [0.05, 0.1) is 37.1 Å². The molecule has 1 N–H and O–H groups in total. The number of carbonyl (C=O) groups is 2. The summed E-state index contributed by atoms with van der Waals surface area (Å²) in [5.41, 5.74) is -0.0856. The van der Waals surface area contributed by atoms with Crippen LogP contribution in [0, 0.1) is 11.8 Å². The molecule has 1 spiro atoms. The summed E-state index contributed by atoms with van der Waals surface area (Å²) < 4.78 is 11.9. The highest BCUT2D eigenvalue weighted by atomic mass is 16.5. The molecule has 4 aliphatic rings. The average molecular weight is 411 g/mol. The van der Waals surface area contributed by atoms with E-state index >= 15 is 0 Å². The molecule has 2 amide bonds. The number of nitrogens with one attached hydrogen (secondary N) is 1. The Labute approximate surface area is 177 Å². The van der Waals surface area contributed by atoms with E-state index in [0.717, 1.165) is 37.0 Å². The Kier molecular flexibility index (Phi) is 4.47. The number of para-hydroxylation sites is 1. The lowest BCUT2D eigenvalue weighted by Crippen LogP contribution is -2.51. The zero-order valence-corrected chi connectivity index (χ0v) is 17.9. The number of hydrogen-bond donors (Lipinski definition) is 1. The van der Waals surface area contributed by atoms with Crippen molar-refractivity contribution in [2.24, 2.45) is 11.8 Å². The fourth-order valence-corrected chi connectivity index (χ4v) is 6.06. The van der Waals surface area contributed by atoms with Crippen LogP contribution in [0.1, 0.15) is 45.1 Å². The van der Waals surface area contributed by atoms with Crippen LogP contribution in [0.25, 0.3) is 0 Å². The molecule has 2 bridgehead atoms. The van der Waals surface area contributed by atoms with Gasteiger partial charge in [-0.1, -0.05) is 43.2 Å². The first-order chi connectivity index (χ1) is 14.4. The van der Waals surface area contributed by atoms with Crippen molar-refractivity contribution in [3.05, 3.63) is 42.0 Å². The predicted octanol–water partition coefficient (Wildman–Crippen LogP) is 2.77. The SMILES string of the molecule is COc1ccccc1C1(NC(=O)[C@H]2[C@H]3C=C[C@@]4(CN(C(C)C)C(=O)[C@@H]24)O3)CCCC1. The number of rotatable bonds is 5. The molecule has 0 aromatic heterocycles. The van der Waals surface area contributed by atoms with Gasteiger partial charge in [-0.15, -0.1) is 0 Å². The number of hydrogen-bond acceptors (Lipinski definition) is 4. The Morgan fingerprint density at radius 2 is 2.00 bits per heavy atom. The van der Waals surface area contributed by atoms with Gasteiger partial charge in [-0.2, -0.15) is 0 Å². The van der Waals surface area contributed by atoms with Crippen molar-refractivity contribution < 1.29 is 19.1 Å². The maximum atomic E-state index is 13.7. The molecule has 6 nitrogen and oxygen atoms in total. The van der Waals surface area contributed by atoms with E-state index in [4.69, 9.17) is 9.47 Å². The molecule has 1 aromatic carbocycles. The predicted molar refractivity (Wildman–Crippen MR) is 112 cm³/mol. The van der Waals surface area contributed by atoms with Crippen molar-refractivity contribution in [3.8, 4) is 5.75 Å². The van der Waals surface area contributed by atoms with Crippen molar-refractivity contribution in [3.63, 3.8) is 0 Å². The Balaban J connectivity index is 1.46. The number of carbonyl (C=O) groups excluding carboxylic acids is 2. The summed E-state index contributed by atoms with van der Waals surface area (Å²) in [6.45, 7) is 4.55. The number of nitrogens with zero attached hydrogens (tertiary/aromatic N) is 1. The number of fused-ring (bicyclic) bond motifs is 1. The van der Waals surface area contributed by atoms with E-state index in [9.17, 15) is 9.59 Å². The highest BCUT2D eigenvalue weighted by Crippen LogP contribution is 2.53. The first-order valence-corrected chi connectivity index (χ1v) is 11.0. The van der Waals surface area contributed by atoms with Crippen LogP contribution < -0.4 is 10.1 Å². The number of ether oxygens (including phenoxy) is 2. The second-order valence-corrected chi connectivity index (χ2v) is 9.44. The second kappa shape index (κ2) is 6.84. The molecular weight excluding hydrogens is 380 g/mol. The first-order valence-electron chi connectivity index (χ1n) is 11.0. The lowest BCUT2D eigenvalue weighted by atomic mass is 9.76. The summed E-state index contributed by atoms with van der Waals surface area (Å²) in [7, 11) is 1.67. The topological polar surface area (TPSA) is 67.9 Å². The zero-order valence-electron chi connectivity index (χ0n) is 17.9. The van der Waals surface area contributed by atoms with Crippen LogP contribution in [0.4, 0.5) is 0 Å². The third kappa shape index (κ3) is 2.66. The summed E-state index contributed by atoms with van der Waals surface area (Å²) in [6, 6.07) is 8.02. The van der Waals surface area contributed by atoms with Gasteiger partial charge in [-0.25, -0.2) is 0 Å². The van der Waals surface area contributed by atoms with E-state index in [1.807, 2.05) is 55.2 Å². The number of benzene rings is 1. The summed E-state index contributed by atoms with van der Waals surface area (Å²) in [5, 5.41) is 3.38. The first kappa shape index (κ1) is 19.6. The second-order valence-electron chi connectivity index (χ2n) is 9.44. The average Bonchev–Trinajstić information content (AvgIpc) is 3.49. The summed E-state index contributed by atoms with van der Waals surface area (Å²) in [5.74, 6) is -0.176. The molecule has 3 heterocycles. The third-order valence-corrected chi connectivity index (χ3v) is 7.50. The zero-order chi connectivity index (χ0) is 21.1. The fraction of sp³-hybridized carbons (Fsp3) is 0.583. The Bertz CT molecular complexity index is 904. The van der Waals surface area contributed by atoms with E-state index in [0.29, 0.717) is 6.54 Å². The van der Waals surface area contributed by atoms with Crippen LogP contribution in [0.15, 0.2) is 36.4 Å². The minimum atomic E-state index is -0.651. The molecule has 1 aliphatic carbocycles. The highest BCUT2D eigenvalue weighted by molar-refractivity contribution is 5.93. The molecule has 6 heteroatoms. The van der Waals surface area contributed by atoms with Gasteiger partial charge in [0.2, 0.25) is 11.8 Å². The van der Waals surface area contributed by atoms with E-state index in [-0.39, 0.29) is 24.0 Å². The smallest absolute Gasteiger partial charge is 0.230 e. The Morgan fingerprint density at radius 1 is 1.27 bits per heavy atom. The number of methoxy groups -OCH3 is 1. The summed E-state index contributed by atoms with van der Waals surface area (Å²) in [6.07, 6.45) is 7.50. The normalized spacial score (nSPS) is 33.4. The van der Waals surface area contributed by atoms with Gasteiger partial charge in [0.15, 0.2) is 0 Å². The lowest BCUT2D eigenvalue weighted by molar-refractivity contribution is -0.139. The van der Waals surface area contributed by atoms with Crippen molar-refractivity contribution in [2.75, 3.05) is 13.7 Å². The monoisotopic (exact) mass is 410 g/mol. The van der Waals surface area contributed by atoms with Crippen LogP contribution in [-0.2, 0) is 19.9 Å². The molecule has 160 valence electrons. The van der Waals surface area contributed by atoms with E-state index in [1.54, 1.807) is 7.11 Å². The van der Waals surface area contributed by atoms with Gasteiger partial charge >= 0.3 is 0 Å². The largest absolute Gasteiger partial charge is 0.496 e. The Morgan fingerprint density at radius 3 is 2.70 bits per heavy atom. The molecule has 0 radical (unpaired) electrons. The third-order valence-electron chi connectivity index (χ3n) is 7.50. The molecule has 3 aliphatic heterocycles. The summed E-state index contributed by atoms with van der Waals surface area (Å²) in [4.78, 5) is 28.8. The van der Waals surface area contributed by atoms with Crippen LogP contribution in [0.5, 0.6) is 5.75 Å². The quantitative estimate of drug-likeness (QED) is 0.758. The van der Waals surface area contributed by atoms with Gasteiger partial charge in [-0.05, 0) is 32.8 Å². The maximum Gasteiger partial charge on any atom is 0.230 e. The molecular formula is C24H30N2O4. The summed E-state index contributed by atoms with van der Waals surface area (Å²) >= 11 is 0. The molecule has 1 aromatic rings. The highest BCUT2D eigenvalue weighted by Gasteiger charge is 2.67. The van der Waals surface area contributed by atoms with Crippen LogP contribution in [0.2, 0.25) is 0 Å². The van der Waals surface area contributed by atoms with Gasteiger partial charge in [0, 0.05) is 11.6 Å². The van der Waals surface area contributed by atoms with Crippen molar-refractivity contribution in [1.82, 2.24) is 10.2 Å². The minimum Gasteiger partial charge on any atom is -0.496 e. The minimum absolute atomic E-state index is 0.0368. The van der Waals surface area contributed by atoms with E-state index in [2.05, 4.69) is 5.32 Å². The number of amides is 2. The molecule has 5 rings (SSSR count). The number of likely N-dealkylation sites (tertiary alicyclic amines) is 1. The van der Waals surface area contributed by atoms with Crippen molar-refractivity contribution in [1.29, 1.82) is 0 Å². The lowest BCUT2D eigenvalue weighted by Gasteiger charge is -2.35. The molecule has 30 heavy (non-hydrogen) atoms. The van der Waals surface area contributed by atoms with Crippen molar-refractivity contribution in [2.45, 2.75) is 62.8 Å². The van der Waals surface area contributed by atoms with Gasteiger partial charge in [0.25, 0.3) is 0 Å². The van der Waals surface area contributed by atoms with Crippen LogP contribution in [-0.4, -0.2) is 48.1 Å². The van der Waals surface area contributed by atoms with Crippen LogP contribution in [0.3, 0.4) is 0 Å². The van der Waals surface area contributed by atoms with Gasteiger partial charge < -0.3 is 19.7 Å². The maximum absolute atomic E-state index is 13.7. The molecule has 3 fully saturated rings. The van der Waals surface area contributed by atoms with E-state index < -0.39 is 23.0 Å². The molecule has 4 atom stereocenters. The molecule has 0 unspecified atom stereocenters. The van der Waals surface area contributed by atoms with E-state index in [1.165, 1.54) is 0 Å². The van der Waals surface area contributed by atoms with Crippen LogP contribution >= 0.6 is 0 Å².